The molecule has 1 unspecified atom stereocenters. The highest BCUT2D eigenvalue weighted by Crippen LogP contribution is 2.28. The number of aromatic nitrogens is 4. The summed E-state index contributed by atoms with van der Waals surface area (Å²) in [4.78, 5) is 12.9. The lowest BCUT2D eigenvalue weighted by atomic mass is 9.91. The number of benzene rings is 2. The fourth-order valence-electron chi connectivity index (χ4n) is 3.21. The molecule has 2 heterocycles. The van der Waals surface area contributed by atoms with Crippen LogP contribution in [0, 0.1) is 6.92 Å². The predicted octanol–water partition coefficient (Wildman–Crippen LogP) is 3.04. The Morgan fingerprint density at radius 1 is 1.04 bits per heavy atom. The Balaban J connectivity index is 1.92. The minimum Gasteiger partial charge on any atom is -0.304 e. The van der Waals surface area contributed by atoms with Crippen molar-refractivity contribution in [1.82, 2.24) is 19.5 Å². The zero-order valence-corrected chi connectivity index (χ0v) is 14.0. The van der Waals surface area contributed by atoms with E-state index in [0.717, 1.165) is 22.3 Å². The standard InChI is InChI=1S/C20H19N5/c1-15-6-5-9-17(10-15)20(21,11-16-7-3-2-4-8-16)25-14-24-18-12-22-13-23-19(18)25/h2-10,12-14H,11,21H2,1H3. The second-order valence-electron chi connectivity index (χ2n) is 6.30. The maximum absolute atomic E-state index is 7.01. The van der Waals surface area contributed by atoms with Gasteiger partial charge in [0.05, 0.1) is 12.5 Å². The lowest BCUT2D eigenvalue weighted by molar-refractivity contribution is 0.373. The summed E-state index contributed by atoms with van der Waals surface area (Å²) in [6.07, 6.45) is 5.62. The van der Waals surface area contributed by atoms with E-state index in [2.05, 4.69) is 52.2 Å². The summed E-state index contributed by atoms with van der Waals surface area (Å²) in [5.41, 5.74) is 11.0. The van der Waals surface area contributed by atoms with Crippen molar-refractivity contribution in [1.29, 1.82) is 0 Å². The van der Waals surface area contributed by atoms with Gasteiger partial charge in [0.15, 0.2) is 5.65 Å². The van der Waals surface area contributed by atoms with Gasteiger partial charge in [0.2, 0.25) is 0 Å². The van der Waals surface area contributed by atoms with E-state index in [9.17, 15) is 0 Å². The molecule has 2 aromatic carbocycles. The van der Waals surface area contributed by atoms with E-state index in [0.29, 0.717) is 6.42 Å². The fraction of sp³-hybridized carbons (Fsp3) is 0.150. The summed E-state index contributed by atoms with van der Waals surface area (Å²) in [6, 6.07) is 18.5. The van der Waals surface area contributed by atoms with Crippen molar-refractivity contribution in [3.8, 4) is 0 Å². The molecular weight excluding hydrogens is 310 g/mol. The van der Waals surface area contributed by atoms with Crippen molar-refractivity contribution in [2.75, 3.05) is 0 Å². The largest absolute Gasteiger partial charge is 0.304 e. The number of fused-ring (bicyclic) bond motifs is 1. The summed E-state index contributed by atoms with van der Waals surface area (Å²) in [7, 11) is 0. The van der Waals surface area contributed by atoms with E-state index in [1.807, 2.05) is 28.8 Å². The molecular formula is C20H19N5. The highest BCUT2D eigenvalue weighted by Gasteiger charge is 2.32. The molecule has 0 fully saturated rings. The van der Waals surface area contributed by atoms with Crippen molar-refractivity contribution in [2.24, 2.45) is 5.73 Å². The van der Waals surface area contributed by atoms with Crippen molar-refractivity contribution in [2.45, 2.75) is 19.0 Å². The SMILES string of the molecule is Cc1cccc(C(N)(Cc2ccccc2)n2cnc3cncnc32)c1. The van der Waals surface area contributed by atoms with Crippen LogP contribution in [0.2, 0.25) is 0 Å². The van der Waals surface area contributed by atoms with Crippen LogP contribution in [-0.2, 0) is 12.1 Å². The molecule has 0 spiro atoms. The number of rotatable bonds is 4. The van der Waals surface area contributed by atoms with Gasteiger partial charge in [-0.2, -0.15) is 0 Å². The highest BCUT2D eigenvalue weighted by atomic mass is 15.2. The number of hydrogen-bond donors (Lipinski definition) is 1. The molecule has 4 aromatic rings. The van der Waals surface area contributed by atoms with Gasteiger partial charge in [0.1, 0.15) is 17.5 Å². The third-order valence-corrected chi connectivity index (χ3v) is 4.48. The van der Waals surface area contributed by atoms with Crippen LogP contribution in [0.5, 0.6) is 0 Å². The molecule has 4 rings (SSSR count). The van der Waals surface area contributed by atoms with Gasteiger partial charge in [0.25, 0.3) is 0 Å². The van der Waals surface area contributed by atoms with E-state index in [1.165, 1.54) is 11.9 Å². The van der Waals surface area contributed by atoms with Crippen molar-refractivity contribution in [3.63, 3.8) is 0 Å². The number of hydrogen-bond acceptors (Lipinski definition) is 4. The Bertz CT molecular complexity index is 1010. The summed E-state index contributed by atoms with van der Waals surface area (Å²) in [6.45, 7) is 2.07. The minimum atomic E-state index is -0.795. The van der Waals surface area contributed by atoms with E-state index < -0.39 is 5.66 Å². The Morgan fingerprint density at radius 2 is 1.88 bits per heavy atom. The molecule has 0 amide bonds. The second kappa shape index (κ2) is 6.11. The quantitative estimate of drug-likeness (QED) is 0.625. The Hall–Kier alpha value is -3.05. The fourth-order valence-corrected chi connectivity index (χ4v) is 3.21. The first-order valence-corrected chi connectivity index (χ1v) is 8.20. The van der Waals surface area contributed by atoms with Crippen LogP contribution < -0.4 is 5.73 Å². The highest BCUT2D eigenvalue weighted by molar-refractivity contribution is 5.69. The molecule has 0 radical (unpaired) electrons. The van der Waals surface area contributed by atoms with Crippen LogP contribution >= 0.6 is 0 Å². The average molecular weight is 329 g/mol. The first-order valence-electron chi connectivity index (χ1n) is 8.20. The van der Waals surface area contributed by atoms with Crippen LogP contribution in [0.1, 0.15) is 16.7 Å². The summed E-state index contributed by atoms with van der Waals surface area (Å²) < 4.78 is 1.95. The third kappa shape index (κ3) is 2.79. The lowest BCUT2D eigenvalue weighted by Crippen LogP contribution is -2.46. The molecule has 124 valence electrons. The molecule has 0 bridgehead atoms. The van der Waals surface area contributed by atoms with Gasteiger partial charge in [-0.15, -0.1) is 0 Å². The summed E-state index contributed by atoms with van der Waals surface area (Å²) in [5, 5.41) is 0. The van der Waals surface area contributed by atoms with E-state index >= 15 is 0 Å². The number of nitrogens with zero attached hydrogens (tertiary/aromatic N) is 4. The van der Waals surface area contributed by atoms with Gasteiger partial charge in [0, 0.05) is 6.42 Å². The Morgan fingerprint density at radius 3 is 2.68 bits per heavy atom. The maximum Gasteiger partial charge on any atom is 0.165 e. The summed E-state index contributed by atoms with van der Waals surface area (Å²) >= 11 is 0. The van der Waals surface area contributed by atoms with E-state index in [4.69, 9.17) is 5.73 Å². The number of imidazole rings is 1. The lowest BCUT2D eigenvalue weighted by Gasteiger charge is -2.32. The maximum atomic E-state index is 7.01. The Kier molecular flexibility index (Phi) is 3.78. The van der Waals surface area contributed by atoms with Crippen LogP contribution in [0.25, 0.3) is 11.2 Å². The van der Waals surface area contributed by atoms with Gasteiger partial charge in [-0.25, -0.2) is 15.0 Å². The van der Waals surface area contributed by atoms with Gasteiger partial charge in [-0.05, 0) is 18.1 Å². The molecule has 0 saturated heterocycles. The molecule has 25 heavy (non-hydrogen) atoms. The van der Waals surface area contributed by atoms with Crippen molar-refractivity contribution < 1.29 is 0 Å². The minimum absolute atomic E-state index is 0.632. The zero-order valence-electron chi connectivity index (χ0n) is 14.0. The predicted molar refractivity (Wildman–Crippen MR) is 97.9 cm³/mol. The monoisotopic (exact) mass is 329 g/mol. The van der Waals surface area contributed by atoms with E-state index in [-0.39, 0.29) is 0 Å². The first-order chi connectivity index (χ1) is 12.2. The number of aryl methyl sites for hydroxylation is 1. The molecule has 0 aliphatic heterocycles. The van der Waals surface area contributed by atoms with Gasteiger partial charge in [-0.3, -0.25) is 4.57 Å². The molecule has 5 heteroatoms. The normalized spacial score (nSPS) is 13.7. The molecule has 5 nitrogen and oxygen atoms in total. The van der Waals surface area contributed by atoms with Crippen molar-refractivity contribution in [3.05, 3.63) is 90.1 Å². The topological polar surface area (TPSA) is 69.6 Å². The zero-order chi connectivity index (χ0) is 17.3. The molecule has 2 aromatic heterocycles. The van der Waals surface area contributed by atoms with E-state index in [1.54, 1.807) is 12.5 Å². The van der Waals surface area contributed by atoms with Crippen molar-refractivity contribution >= 4 is 11.2 Å². The van der Waals surface area contributed by atoms with Gasteiger partial charge in [-0.1, -0.05) is 60.2 Å². The third-order valence-electron chi connectivity index (χ3n) is 4.48. The molecule has 0 aliphatic carbocycles. The van der Waals surface area contributed by atoms with Gasteiger partial charge >= 0.3 is 0 Å². The smallest absolute Gasteiger partial charge is 0.165 e. The Labute approximate surface area is 146 Å². The first kappa shape index (κ1) is 15.5. The molecule has 2 N–H and O–H groups in total. The van der Waals surface area contributed by atoms with Gasteiger partial charge < -0.3 is 5.73 Å². The van der Waals surface area contributed by atoms with Crippen LogP contribution in [0.15, 0.2) is 73.4 Å². The second-order valence-corrected chi connectivity index (χ2v) is 6.30. The molecule has 0 aliphatic rings. The molecule has 0 saturated carbocycles. The van der Waals surface area contributed by atoms with Crippen LogP contribution in [-0.4, -0.2) is 19.5 Å². The summed E-state index contributed by atoms with van der Waals surface area (Å²) in [5.74, 6) is 0. The van der Waals surface area contributed by atoms with Crippen LogP contribution in [0.3, 0.4) is 0 Å². The average Bonchev–Trinajstić information content (AvgIpc) is 3.07. The van der Waals surface area contributed by atoms with Crippen LogP contribution in [0.4, 0.5) is 0 Å². The number of nitrogens with two attached hydrogens (primary N) is 1. The molecule has 1 atom stereocenters.